The van der Waals surface area contributed by atoms with Crippen LogP contribution in [0.25, 0.3) is 5.69 Å². The van der Waals surface area contributed by atoms with Crippen molar-refractivity contribution in [2.75, 3.05) is 32.7 Å². The number of amides is 1. The highest BCUT2D eigenvalue weighted by molar-refractivity contribution is 5.94. The smallest absolute Gasteiger partial charge is 0.253 e. The average molecular weight is 329 g/mol. The number of hydrogen-bond donors (Lipinski definition) is 1. The first-order chi connectivity index (χ1) is 11.7. The average Bonchev–Trinajstić information content (AvgIpc) is 3.16. The van der Waals surface area contributed by atoms with Crippen molar-refractivity contribution in [3.8, 4) is 5.69 Å². The van der Waals surface area contributed by atoms with E-state index in [1.165, 1.54) is 0 Å². The van der Waals surface area contributed by atoms with Crippen LogP contribution in [0.5, 0.6) is 0 Å². The summed E-state index contributed by atoms with van der Waals surface area (Å²) in [6.45, 7) is 5.67. The van der Waals surface area contributed by atoms with E-state index in [1.54, 1.807) is 17.2 Å². The molecule has 1 atom stereocenters. The number of aliphatic hydroxyl groups excluding tert-OH is 1. The van der Waals surface area contributed by atoms with Crippen LogP contribution in [0.4, 0.5) is 0 Å². The van der Waals surface area contributed by atoms with E-state index in [4.69, 9.17) is 0 Å². The number of β-amino-alcohol motifs (C(OH)–C–C–N with tert-alkyl or cyclic N) is 1. The minimum absolute atomic E-state index is 0.0565. The largest absolute Gasteiger partial charge is 0.392 e. The van der Waals surface area contributed by atoms with Crippen LogP contribution in [-0.2, 0) is 0 Å². The quantitative estimate of drug-likeness (QED) is 0.878. The molecule has 2 aromatic rings. The van der Waals surface area contributed by atoms with Crippen LogP contribution < -0.4 is 0 Å². The van der Waals surface area contributed by atoms with Crippen LogP contribution >= 0.6 is 0 Å². The van der Waals surface area contributed by atoms with Crippen molar-refractivity contribution in [2.24, 2.45) is 0 Å². The minimum Gasteiger partial charge on any atom is -0.392 e. The molecule has 1 fully saturated rings. The van der Waals surface area contributed by atoms with Gasteiger partial charge in [0.1, 0.15) is 12.7 Å². The number of aliphatic hydroxyl groups is 1. The summed E-state index contributed by atoms with van der Waals surface area (Å²) in [5, 5.41) is 17.3. The summed E-state index contributed by atoms with van der Waals surface area (Å²) in [6.07, 6.45) is 3.73. The molecule has 7 heteroatoms. The summed E-state index contributed by atoms with van der Waals surface area (Å²) >= 11 is 0. The third-order valence-corrected chi connectivity index (χ3v) is 4.43. The first-order valence-electron chi connectivity index (χ1n) is 8.32. The molecule has 0 saturated carbocycles. The SMILES string of the molecule is CC[C@H](O)CN1CCN(C(=O)c2ccc(-n3cnnc3)cc2)CC1. The summed E-state index contributed by atoms with van der Waals surface area (Å²) in [6, 6.07) is 7.46. The molecule has 0 aliphatic carbocycles. The van der Waals surface area contributed by atoms with E-state index >= 15 is 0 Å². The van der Waals surface area contributed by atoms with E-state index < -0.39 is 0 Å². The highest BCUT2D eigenvalue weighted by Crippen LogP contribution is 2.13. The zero-order valence-electron chi connectivity index (χ0n) is 13.9. The van der Waals surface area contributed by atoms with Gasteiger partial charge in [0.05, 0.1) is 6.10 Å². The highest BCUT2D eigenvalue weighted by atomic mass is 16.3. The molecule has 1 aromatic heterocycles. The summed E-state index contributed by atoms with van der Waals surface area (Å²) in [4.78, 5) is 16.7. The van der Waals surface area contributed by atoms with Gasteiger partial charge in [-0.1, -0.05) is 6.92 Å². The normalized spacial score (nSPS) is 17.0. The summed E-state index contributed by atoms with van der Waals surface area (Å²) in [5.74, 6) is 0.0565. The second kappa shape index (κ2) is 7.55. The Kier molecular flexibility index (Phi) is 5.22. The minimum atomic E-state index is -0.280. The first-order valence-corrected chi connectivity index (χ1v) is 8.32. The maximum atomic E-state index is 12.6. The molecule has 24 heavy (non-hydrogen) atoms. The van der Waals surface area contributed by atoms with E-state index in [1.807, 2.05) is 36.1 Å². The van der Waals surface area contributed by atoms with E-state index in [0.29, 0.717) is 25.2 Å². The molecule has 0 spiro atoms. The first kappa shape index (κ1) is 16.6. The lowest BCUT2D eigenvalue weighted by atomic mass is 10.1. The number of benzene rings is 1. The van der Waals surface area contributed by atoms with Crippen molar-refractivity contribution < 1.29 is 9.90 Å². The van der Waals surface area contributed by atoms with Crippen LogP contribution in [0.3, 0.4) is 0 Å². The molecule has 1 aliphatic rings. The Hall–Kier alpha value is -2.25. The van der Waals surface area contributed by atoms with Gasteiger partial charge in [0.25, 0.3) is 5.91 Å². The van der Waals surface area contributed by atoms with Gasteiger partial charge in [-0.25, -0.2) is 0 Å². The predicted octanol–water partition coefficient (Wildman–Crippen LogP) is 0.796. The van der Waals surface area contributed by atoms with E-state index in [0.717, 1.165) is 25.2 Å². The number of carbonyl (C=O) groups is 1. The Morgan fingerprint density at radius 3 is 2.33 bits per heavy atom. The second-order valence-corrected chi connectivity index (χ2v) is 6.07. The Bertz CT molecular complexity index is 648. The summed E-state index contributed by atoms with van der Waals surface area (Å²) in [7, 11) is 0. The van der Waals surface area contributed by atoms with Crippen LogP contribution in [0.2, 0.25) is 0 Å². The maximum Gasteiger partial charge on any atom is 0.253 e. The molecule has 1 amide bonds. The third-order valence-electron chi connectivity index (χ3n) is 4.43. The lowest BCUT2D eigenvalue weighted by molar-refractivity contribution is 0.0524. The zero-order valence-corrected chi connectivity index (χ0v) is 13.9. The fraction of sp³-hybridized carbons (Fsp3) is 0.471. The van der Waals surface area contributed by atoms with Gasteiger partial charge in [-0.05, 0) is 30.7 Å². The molecular formula is C17H23N5O2. The van der Waals surface area contributed by atoms with Crippen LogP contribution in [-0.4, -0.2) is 74.4 Å². The van der Waals surface area contributed by atoms with Gasteiger partial charge >= 0.3 is 0 Å². The molecule has 1 saturated heterocycles. The third kappa shape index (κ3) is 3.80. The Morgan fingerprint density at radius 1 is 1.12 bits per heavy atom. The number of piperazine rings is 1. The van der Waals surface area contributed by atoms with E-state index in [9.17, 15) is 9.90 Å². The standard InChI is InChI=1S/C17H23N5O2/c1-2-16(23)11-20-7-9-21(10-8-20)17(24)14-3-5-15(6-4-14)22-12-18-19-13-22/h3-6,12-13,16,23H,2,7-11H2,1H3/t16-/m0/s1. The predicted molar refractivity (Wildman–Crippen MR) is 90.0 cm³/mol. The fourth-order valence-electron chi connectivity index (χ4n) is 2.85. The Labute approximate surface area is 141 Å². The van der Waals surface area contributed by atoms with Gasteiger partial charge in [0, 0.05) is 44.0 Å². The van der Waals surface area contributed by atoms with Gasteiger partial charge in [0.2, 0.25) is 0 Å². The monoisotopic (exact) mass is 329 g/mol. The number of aromatic nitrogens is 3. The molecule has 2 heterocycles. The van der Waals surface area contributed by atoms with Crippen molar-refractivity contribution in [2.45, 2.75) is 19.4 Å². The number of carbonyl (C=O) groups excluding carboxylic acids is 1. The molecule has 128 valence electrons. The van der Waals surface area contributed by atoms with Crippen LogP contribution in [0.15, 0.2) is 36.9 Å². The molecule has 1 aromatic carbocycles. The van der Waals surface area contributed by atoms with Crippen molar-refractivity contribution in [1.82, 2.24) is 24.6 Å². The summed E-state index contributed by atoms with van der Waals surface area (Å²) < 4.78 is 1.80. The van der Waals surface area contributed by atoms with Gasteiger partial charge < -0.3 is 10.0 Å². The van der Waals surface area contributed by atoms with Crippen molar-refractivity contribution in [3.63, 3.8) is 0 Å². The topological polar surface area (TPSA) is 74.5 Å². The lowest BCUT2D eigenvalue weighted by Crippen LogP contribution is -2.50. The molecule has 0 radical (unpaired) electrons. The molecule has 7 nitrogen and oxygen atoms in total. The zero-order chi connectivity index (χ0) is 16.9. The lowest BCUT2D eigenvalue weighted by Gasteiger charge is -2.35. The highest BCUT2D eigenvalue weighted by Gasteiger charge is 2.23. The van der Waals surface area contributed by atoms with Crippen LogP contribution in [0.1, 0.15) is 23.7 Å². The molecule has 1 N–H and O–H groups in total. The molecular weight excluding hydrogens is 306 g/mol. The number of nitrogens with zero attached hydrogens (tertiary/aromatic N) is 5. The van der Waals surface area contributed by atoms with Crippen molar-refractivity contribution >= 4 is 5.91 Å². The maximum absolute atomic E-state index is 12.6. The fourth-order valence-corrected chi connectivity index (χ4v) is 2.85. The van der Waals surface area contributed by atoms with Gasteiger partial charge in [-0.15, -0.1) is 10.2 Å². The Morgan fingerprint density at radius 2 is 1.75 bits per heavy atom. The molecule has 3 rings (SSSR count). The Balaban J connectivity index is 1.57. The van der Waals surface area contributed by atoms with E-state index in [-0.39, 0.29) is 12.0 Å². The number of hydrogen-bond acceptors (Lipinski definition) is 5. The molecule has 0 unspecified atom stereocenters. The van der Waals surface area contributed by atoms with Gasteiger partial charge in [0.15, 0.2) is 0 Å². The molecule has 1 aliphatic heterocycles. The second-order valence-electron chi connectivity index (χ2n) is 6.07. The summed E-state index contributed by atoms with van der Waals surface area (Å²) in [5.41, 5.74) is 1.61. The van der Waals surface area contributed by atoms with Crippen molar-refractivity contribution in [3.05, 3.63) is 42.5 Å². The van der Waals surface area contributed by atoms with Crippen LogP contribution in [0, 0.1) is 0 Å². The van der Waals surface area contributed by atoms with Gasteiger partial charge in [-0.2, -0.15) is 0 Å². The van der Waals surface area contributed by atoms with E-state index in [2.05, 4.69) is 15.1 Å². The van der Waals surface area contributed by atoms with Crippen molar-refractivity contribution in [1.29, 1.82) is 0 Å². The number of rotatable bonds is 5. The van der Waals surface area contributed by atoms with Gasteiger partial charge in [-0.3, -0.25) is 14.3 Å². The molecule has 0 bridgehead atoms.